The molecule has 2 nitrogen and oxygen atoms in total. The fraction of sp³-hybridized carbons (Fsp3) is 0.562. The van der Waals surface area contributed by atoms with Gasteiger partial charge in [-0.15, -0.1) is 23.2 Å². The Bertz CT molecular complexity index is 418. The number of alkyl halides is 2. The lowest BCUT2D eigenvalue weighted by Crippen LogP contribution is -2.51. The maximum Gasteiger partial charge on any atom is 0.228 e. The van der Waals surface area contributed by atoms with E-state index in [0.717, 1.165) is 12.0 Å². The fourth-order valence-electron chi connectivity index (χ4n) is 2.11. The largest absolute Gasteiger partial charge is 0.348 e. The maximum absolute atomic E-state index is 12.6. The van der Waals surface area contributed by atoms with Crippen molar-refractivity contribution in [3.05, 3.63) is 35.9 Å². The summed E-state index contributed by atoms with van der Waals surface area (Å²) in [5.41, 5.74) is 0.464. The summed E-state index contributed by atoms with van der Waals surface area (Å²) in [6.07, 6.45) is 0.936. The molecule has 0 aliphatic heterocycles. The predicted octanol–water partition coefficient (Wildman–Crippen LogP) is 4.17. The monoisotopic (exact) mass is 315 g/mol. The quantitative estimate of drug-likeness (QED) is 0.752. The van der Waals surface area contributed by atoms with Crippen LogP contribution in [0.15, 0.2) is 30.3 Å². The van der Waals surface area contributed by atoms with Gasteiger partial charge in [0.15, 0.2) is 0 Å². The molecule has 112 valence electrons. The van der Waals surface area contributed by atoms with E-state index < -0.39 is 5.54 Å². The molecule has 0 aliphatic rings. The van der Waals surface area contributed by atoms with Gasteiger partial charge in [-0.3, -0.25) is 4.79 Å². The van der Waals surface area contributed by atoms with E-state index >= 15 is 0 Å². The number of amides is 1. The van der Waals surface area contributed by atoms with E-state index in [1.165, 1.54) is 0 Å². The molecular weight excluding hydrogens is 293 g/mol. The second kappa shape index (κ2) is 7.90. The van der Waals surface area contributed by atoms with Crippen LogP contribution < -0.4 is 5.32 Å². The predicted molar refractivity (Wildman–Crippen MR) is 86.6 cm³/mol. The van der Waals surface area contributed by atoms with Crippen molar-refractivity contribution in [2.24, 2.45) is 5.92 Å². The number of rotatable bonds is 7. The molecule has 0 spiro atoms. The van der Waals surface area contributed by atoms with Gasteiger partial charge in [0.2, 0.25) is 5.91 Å². The average Bonchev–Trinajstić information content (AvgIpc) is 2.48. The summed E-state index contributed by atoms with van der Waals surface area (Å²) in [5.74, 6) is 0.669. The first-order chi connectivity index (χ1) is 9.47. The Kier molecular flexibility index (Phi) is 6.84. The molecule has 0 saturated heterocycles. The third-order valence-electron chi connectivity index (χ3n) is 3.67. The Labute approximate surface area is 131 Å². The second-order valence-corrected chi connectivity index (χ2v) is 6.13. The van der Waals surface area contributed by atoms with E-state index in [2.05, 4.69) is 19.2 Å². The Morgan fingerprint density at radius 3 is 2.25 bits per heavy atom. The van der Waals surface area contributed by atoms with Crippen LogP contribution in [0.1, 0.15) is 38.7 Å². The van der Waals surface area contributed by atoms with E-state index in [4.69, 9.17) is 23.2 Å². The normalized spacial score (nSPS) is 14.7. The zero-order chi connectivity index (χ0) is 15.2. The average molecular weight is 316 g/mol. The van der Waals surface area contributed by atoms with Gasteiger partial charge in [0.25, 0.3) is 0 Å². The van der Waals surface area contributed by atoms with Crippen LogP contribution in [0.4, 0.5) is 0 Å². The first kappa shape index (κ1) is 17.3. The zero-order valence-electron chi connectivity index (χ0n) is 12.3. The number of hydrogen-bond donors (Lipinski definition) is 1. The summed E-state index contributed by atoms with van der Waals surface area (Å²) >= 11 is 11.8. The molecule has 2 unspecified atom stereocenters. The molecule has 4 heteroatoms. The molecule has 0 aromatic heterocycles. The number of benzene rings is 1. The molecule has 0 radical (unpaired) electrons. The van der Waals surface area contributed by atoms with Gasteiger partial charge < -0.3 is 5.32 Å². The molecule has 1 amide bonds. The van der Waals surface area contributed by atoms with Gasteiger partial charge >= 0.3 is 0 Å². The highest BCUT2D eigenvalue weighted by molar-refractivity contribution is 6.22. The van der Waals surface area contributed by atoms with Crippen LogP contribution in [0.25, 0.3) is 0 Å². The standard InChI is InChI=1S/C16H23Cl2NO/c1-4-12(2)14(13-8-6-5-7-9-13)15(20)19-16(3,10-17)11-18/h5-9,12,14H,4,10-11H2,1-3H3,(H,19,20). The molecule has 20 heavy (non-hydrogen) atoms. The van der Waals surface area contributed by atoms with Crippen LogP contribution in [0.3, 0.4) is 0 Å². The van der Waals surface area contributed by atoms with Gasteiger partial charge in [-0.25, -0.2) is 0 Å². The number of halogens is 2. The molecule has 0 saturated carbocycles. The Balaban J connectivity index is 2.98. The van der Waals surface area contributed by atoms with Crippen molar-refractivity contribution in [1.29, 1.82) is 0 Å². The van der Waals surface area contributed by atoms with Crippen molar-refractivity contribution >= 4 is 29.1 Å². The first-order valence-corrected chi connectivity index (χ1v) is 8.03. The van der Waals surface area contributed by atoms with E-state index in [1.807, 2.05) is 37.3 Å². The van der Waals surface area contributed by atoms with E-state index in [-0.39, 0.29) is 17.7 Å². The van der Waals surface area contributed by atoms with E-state index in [1.54, 1.807) is 0 Å². The lowest BCUT2D eigenvalue weighted by molar-refractivity contribution is -0.125. The summed E-state index contributed by atoms with van der Waals surface area (Å²) in [5, 5.41) is 3.00. The van der Waals surface area contributed by atoms with E-state index in [9.17, 15) is 4.79 Å². The lowest BCUT2D eigenvalue weighted by atomic mass is 9.84. The van der Waals surface area contributed by atoms with Crippen molar-refractivity contribution in [3.63, 3.8) is 0 Å². The molecule has 1 aromatic rings. The molecule has 0 bridgehead atoms. The minimum atomic E-state index is -0.569. The minimum absolute atomic E-state index is 0.00523. The molecule has 0 heterocycles. The smallest absolute Gasteiger partial charge is 0.228 e. The van der Waals surface area contributed by atoms with Gasteiger partial charge in [-0.2, -0.15) is 0 Å². The molecular formula is C16H23Cl2NO. The minimum Gasteiger partial charge on any atom is -0.348 e. The van der Waals surface area contributed by atoms with Gasteiger partial charge in [0.1, 0.15) is 0 Å². The van der Waals surface area contributed by atoms with Crippen molar-refractivity contribution in [2.75, 3.05) is 11.8 Å². The van der Waals surface area contributed by atoms with Crippen molar-refractivity contribution in [2.45, 2.75) is 38.6 Å². The summed E-state index contributed by atoms with van der Waals surface area (Å²) < 4.78 is 0. The molecule has 1 N–H and O–H groups in total. The third kappa shape index (κ3) is 4.39. The van der Waals surface area contributed by atoms with Gasteiger partial charge in [0.05, 0.1) is 11.5 Å². The number of carbonyl (C=O) groups is 1. The Hall–Kier alpha value is -0.730. The molecule has 1 aromatic carbocycles. The highest BCUT2D eigenvalue weighted by atomic mass is 35.5. The molecule has 0 fully saturated rings. The number of hydrogen-bond acceptors (Lipinski definition) is 1. The summed E-state index contributed by atoms with van der Waals surface area (Å²) in [6, 6.07) is 9.86. The molecule has 1 rings (SSSR count). The Morgan fingerprint density at radius 1 is 1.25 bits per heavy atom. The highest BCUT2D eigenvalue weighted by Gasteiger charge is 2.31. The van der Waals surface area contributed by atoms with E-state index in [0.29, 0.717) is 11.8 Å². The highest BCUT2D eigenvalue weighted by Crippen LogP contribution is 2.28. The van der Waals surface area contributed by atoms with Crippen LogP contribution in [0.2, 0.25) is 0 Å². The van der Waals surface area contributed by atoms with Crippen molar-refractivity contribution in [1.82, 2.24) is 5.32 Å². The Morgan fingerprint density at radius 2 is 1.80 bits per heavy atom. The number of nitrogens with one attached hydrogen (secondary N) is 1. The maximum atomic E-state index is 12.6. The lowest BCUT2D eigenvalue weighted by Gasteiger charge is -2.30. The topological polar surface area (TPSA) is 29.1 Å². The van der Waals surface area contributed by atoms with Gasteiger partial charge in [-0.1, -0.05) is 50.6 Å². The SMILES string of the molecule is CCC(C)C(C(=O)NC(C)(CCl)CCl)c1ccccc1. The summed E-state index contributed by atoms with van der Waals surface area (Å²) in [6.45, 7) is 6.05. The molecule has 2 atom stereocenters. The second-order valence-electron chi connectivity index (χ2n) is 5.59. The third-order valence-corrected chi connectivity index (χ3v) is 4.85. The fourth-order valence-corrected chi connectivity index (χ4v) is 2.53. The van der Waals surface area contributed by atoms with Crippen LogP contribution in [0, 0.1) is 5.92 Å². The van der Waals surface area contributed by atoms with Crippen LogP contribution in [-0.4, -0.2) is 23.2 Å². The van der Waals surface area contributed by atoms with Crippen LogP contribution in [0.5, 0.6) is 0 Å². The number of carbonyl (C=O) groups excluding carboxylic acids is 1. The summed E-state index contributed by atoms with van der Waals surface area (Å²) in [4.78, 5) is 12.6. The van der Waals surface area contributed by atoms with Crippen molar-refractivity contribution < 1.29 is 4.79 Å². The zero-order valence-corrected chi connectivity index (χ0v) is 13.8. The summed E-state index contributed by atoms with van der Waals surface area (Å²) in [7, 11) is 0. The first-order valence-electron chi connectivity index (χ1n) is 6.96. The molecule has 0 aliphatic carbocycles. The van der Waals surface area contributed by atoms with Crippen molar-refractivity contribution in [3.8, 4) is 0 Å². The van der Waals surface area contributed by atoms with Crippen LogP contribution >= 0.6 is 23.2 Å². The van der Waals surface area contributed by atoms with Gasteiger partial charge in [-0.05, 0) is 18.4 Å². The van der Waals surface area contributed by atoms with Crippen LogP contribution in [-0.2, 0) is 4.79 Å². The van der Waals surface area contributed by atoms with Gasteiger partial charge in [0, 0.05) is 11.8 Å².